The highest BCUT2D eigenvalue weighted by molar-refractivity contribution is 7.14. The van der Waals surface area contributed by atoms with Crippen LogP contribution in [0.15, 0.2) is 24.3 Å². The van der Waals surface area contributed by atoms with Gasteiger partial charge < -0.3 is 9.53 Å². The van der Waals surface area contributed by atoms with E-state index in [0.717, 1.165) is 27.4 Å². The fourth-order valence-electron chi connectivity index (χ4n) is 1.62. The van der Waals surface area contributed by atoms with Gasteiger partial charge in [0.15, 0.2) is 6.29 Å². The van der Waals surface area contributed by atoms with Crippen LogP contribution in [-0.4, -0.2) is 23.1 Å². The number of carbonyl (C=O) groups is 1. The van der Waals surface area contributed by atoms with Crippen molar-refractivity contribution in [1.29, 1.82) is 0 Å². The summed E-state index contributed by atoms with van der Waals surface area (Å²) in [6.45, 7) is 4.31. The average Bonchev–Trinajstić information content (AvgIpc) is 2.83. The Bertz CT molecular complexity index is 522. The van der Waals surface area contributed by atoms with Gasteiger partial charge in [0.25, 0.3) is 0 Å². The lowest BCUT2D eigenvalue weighted by Crippen LogP contribution is -2.05. The number of aldehydes is 1. The molecule has 1 aromatic carbocycles. The van der Waals surface area contributed by atoms with E-state index in [1.54, 1.807) is 11.3 Å². The maximum atomic E-state index is 10.9. The summed E-state index contributed by atoms with van der Waals surface area (Å²) < 4.78 is 5.33. The van der Waals surface area contributed by atoms with E-state index in [2.05, 4.69) is 10.2 Å². The van der Waals surface area contributed by atoms with E-state index in [-0.39, 0.29) is 0 Å². The molecule has 1 unspecified atom stereocenters. The molecule has 0 bridgehead atoms. The predicted molar refractivity (Wildman–Crippen MR) is 70.5 cm³/mol. The number of ether oxygens (including phenoxy) is 1. The summed E-state index contributed by atoms with van der Waals surface area (Å²) in [6, 6.07) is 7.65. The largest absolute Gasteiger partial charge is 0.366 e. The number of aryl methyl sites for hydroxylation is 1. The van der Waals surface area contributed by atoms with Crippen molar-refractivity contribution in [2.45, 2.75) is 20.0 Å². The van der Waals surface area contributed by atoms with Crippen LogP contribution in [0.1, 0.15) is 23.6 Å². The highest BCUT2D eigenvalue weighted by Gasteiger charge is 2.10. The minimum Gasteiger partial charge on any atom is -0.366 e. The maximum Gasteiger partial charge on any atom is 0.153 e. The molecule has 4 nitrogen and oxygen atoms in total. The zero-order valence-electron chi connectivity index (χ0n) is 10.3. The third-order valence-corrected chi connectivity index (χ3v) is 3.37. The Morgan fingerprint density at radius 1 is 1.33 bits per heavy atom. The number of carbonyl (C=O) groups excluding carboxylic acids is 1. The summed E-state index contributed by atoms with van der Waals surface area (Å²) in [5, 5.41) is 9.89. The molecule has 0 radical (unpaired) electrons. The molecule has 1 atom stereocenters. The molecule has 0 aliphatic heterocycles. The van der Waals surface area contributed by atoms with Crippen molar-refractivity contribution in [3.8, 4) is 10.6 Å². The zero-order chi connectivity index (χ0) is 13.0. The van der Waals surface area contributed by atoms with Crippen LogP contribution in [0.2, 0.25) is 0 Å². The standard InChI is InChI=1S/C13H14N2O2S/c1-3-17-12(8-16)10-4-6-11(7-5-10)13-15-14-9(2)18-13/h4-8,12H,3H2,1-2H3. The van der Waals surface area contributed by atoms with E-state index in [0.29, 0.717) is 6.61 Å². The summed E-state index contributed by atoms with van der Waals surface area (Å²) >= 11 is 1.55. The van der Waals surface area contributed by atoms with E-state index in [1.165, 1.54) is 0 Å². The lowest BCUT2D eigenvalue weighted by molar-refractivity contribution is -0.118. The van der Waals surface area contributed by atoms with Gasteiger partial charge in [-0.25, -0.2) is 0 Å². The molecule has 94 valence electrons. The van der Waals surface area contributed by atoms with E-state index in [1.807, 2.05) is 38.1 Å². The number of rotatable bonds is 5. The normalized spacial score (nSPS) is 12.3. The Morgan fingerprint density at radius 2 is 2.06 bits per heavy atom. The number of hydrogen-bond donors (Lipinski definition) is 0. The maximum absolute atomic E-state index is 10.9. The van der Waals surface area contributed by atoms with Gasteiger partial charge in [-0.3, -0.25) is 0 Å². The Morgan fingerprint density at radius 3 is 2.56 bits per heavy atom. The second kappa shape index (κ2) is 5.84. The quantitative estimate of drug-likeness (QED) is 0.777. The van der Waals surface area contributed by atoms with Crippen molar-refractivity contribution in [3.05, 3.63) is 34.8 Å². The molecule has 2 aromatic rings. The first-order valence-corrected chi connectivity index (χ1v) is 6.53. The average molecular weight is 262 g/mol. The summed E-state index contributed by atoms with van der Waals surface area (Å²) in [6.07, 6.45) is 0.327. The van der Waals surface area contributed by atoms with Gasteiger partial charge in [-0.05, 0) is 19.4 Å². The van der Waals surface area contributed by atoms with Crippen LogP contribution in [0.25, 0.3) is 10.6 Å². The molecule has 18 heavy (non-hydrogen) atoms. The topological polar surface area (TPSA) is 52.1 Å². The predicted octanol–water partition coefficient (Wildman–Crippen LogP) is 2.79. The van der Waals surface area contributed by atoms with Gasteiger partial charge in [-0.1, -0.05) is 35.6 Å². The van der Waals surface area contributed by atoms with Crippen molar-refractivity contribution < 1.29 is 9.53 Å². The Labute approximate surface area is 110 Å². The Kier molecular flexibility index (Phi) is 4.17. The summed E-state index contributed by atoms with van der Waals surface area (Å²) in [5.41, 5.74) is 1.86. The molecule has 1 heterocycles. The van der Waals surface area contributed by atoms with Crippen molar-refractivity contribution in [2.75, 3.05) is 6.61 Å². The molecule has 0 saturated carbocycles. The van der Waals surface area contributed by atoms with Crippen LogP contribution in [0, 0.1) is 6.92 Å². The van der Waals surface area contributed by atoms with Gasteiger partial charge in [0.05, 0.1) is 0 Å². The number of hydrogen-bond acceptors (Lipinski definition) is 5. The molecule has 0 amide bonds. The summed E-state index contributed by atoms with van der Waals surface area (Å²) in [7, 11) is 0. The monoisotopic (exact) mass is 262 g/mol. The van der Waals surface area contributed by atoms with Gasteiger partial charge >= 0.3 is 0 Å². The molecule has 2 rings (SSSR count). The van der Waals surface area contributed by atoms with Crippen LogP contribution in [0.3, 0.4) is 0 Å². The molecular formula is C13H14N2O2S. The third kappa shape index (κ3) is 2.80. The van der Waals surface area contributed by atoms with Gasteiger partial charge in [-0.2, -0.15) is 0 Å². The van der Waals surface area contributed by atoms with Gasteiger partial charge in [0.1, 0.15) is 16.1 Å². The summed E-state index contributed by atoms with van der Waals surface area (Å²) in [4.78, 5) is 10.9. The van der Waals surface area contributed by atoms with Crippen LogP contribution in [0.5, 0.6) is 0 Å². The van der Waals surface area contributed by atoms with E-state index in [9.17, 15) is 4.79 Å². The van der Waals surface area contributed by atoms with Crippen LogP contribution in [0.4, 0.5) is 0 Å². The van der Waals surface area contributed by atoms with E-state index < -0.39 is 6.10 Å². The molecule has 0 N–H and O–H groups in total. The Hall–Kier alpha value is -1.59. The van der Waals surface area contributed by atoms with Gasteiger partial charge in [0, 0.05) is 12.2 Å². The first-order chi connectivity index (χ1) is 8.74. The fourth-order valence-corrected chi connectivity index (χ4v) is 2.32. The SMILES string of the molecule is CCOC(C=O)c1ccc(-c2nnc(C)s2)cc1. The zero-order valence-corrected chi connectivity index (χ0v) is 11.1. The van der Waals surface area contributed by atoms with Crippen LogP contribution < -0.4 is 0 Å². The van der Waals surface area contributed by atoms with E-state index in [4.69, 9.17) is 4.74 Å². The van der Waals surface area contributed by atoms with Crippen LogP contribution in [-0.2, 0) is 9.53 Å². The van der Waals surface area contributed by atoms with Crippen molar-refractivity contribution in [3.63, 3.8) is 0 Å². The molecule has 0 fully saturated rings. The van der Waals surface area contributed by atoms with Crippen molar-refractivity contribution >= 4 is 17.6 Å². The minimum atomic E-state index is -0.486. The van der Waals surface area contributed by atoms with Crippen molar-refractivity contribution in [1.82, 2.24) is 10.2 Å². The minimum absolute atomic E-state index is 0.486. The second-order valence-electron chi connectivity index (χ2n) is 3.76. The van der Waals surface area contributed by atoms with Crippen LogP contribution >= 0.6 is 11.3 Å². The highest BCUT2D eigenvalue weighted by atomic mass is 32.1. The summed E-state index contributed by atoms with van der Waals surface area (Å²) in [5.74, 6) is 0. The first kappa shape index (κ1) is 12.9. The fraction of sp³-hybridized carbons (Fsp3) is 0.308. The van der Waals surface area contributed by atoms with E-state index >= 15 is 0 Å². The molecule has 0 saturated heterocycles. The molecule has 5 heteroatoms. The van der Waals surface area contributed by atoms with Gasteiger partial charge in [0.2, 0.25) is 0 Å². The Balaban J connectivity index is 2.21. The number of nitrogens with zero attached hydrogens (tertiary/aromatic N) is 2. The molecule has 0 aliphatic rings. The third-order valence-electron chi connectivity index (χ3n) is 2.48. The lowest BCUT2D eigenvalue weighted by atomic mass is 10.1. The smallest absolute Gasteiger partial charge is 0.153 e. The van der Waals surface area contributed by atoms with Crippen molar-refractivity contribution in [2.24, 2.45) is 0 Å². The first-order valence-electron chi connectivity index (χ1n) is 5.72. The lowest BCUT2D eigenvalue weighted by Gasteiger charge is -2.10. The highest BCUT2D eigenvalue weighted by Crippen LogP contribution is 2.25. The number of benzene rings is 1. The molecular weight excluding hydrogens is 248 g/mol. The molecule has 0 aliphatic carbocycles. The number of aromatic nitrogens is 2. The second-order valence-corrected chi connectivity index (χ2v) is 4.94. The van der Waals surface area contributed by atoms with Gasteiger partial charge in [-0.15, -0.1) is 10.2 Å². The molecule has 0 spiro atoms. The molecule has 1 aromatic heterocycles.